The molecule has 0 aliphatic heterocycles. The van der Waals surface area contributed by atoms with Crippen LogP contribution < -0.4 is 0 Å². The minimum atomic E-state index is 0.469. The van der Waals surface area contributed by atoms with Crippen LogP contribution in [-0.2, 0) is 0 Å². The molecule has 0 saturated carbocycles. The molecule has 0 bridgehead atoms. The van der Waals surface area contributed by atoms with Crippen LogP contribution in [0.3, 0.4) is 0 Å². The molecule has 0 radical (unpaired) electrons. The fraction of sp³-hybridized carbons (Fsp3) is 1.00. The average molecular weight is 255 g/mol. The maximum atomic E-state index is 2.48. The van der Waals surface area contributed by atoms with Gasteiger partial charge >= 0.3 is 0 Å². The molecule has 18 heavy (non-hydrogen) atoms. The molecule has 0 aromatic carbocycles. The highest BCUT2D eigenvalue weighted by atomic mass is 14.4. The highest BCUT2D eigenvalue weighted by molar-refractivity contribution is 4.83. The van der Waals surface area contributed by atoms with Crippen LogP contribution in [0.15, 0.2) is 0 Å². The van der Waals surface area contributed by atoms with Crippen LogP contribution in [0.25, 0.3) is 0 Å². The van der Waals surface area contributed by atoms with Crippen molar-refractivity contribution in [3.05, 3.63) is 0 Å². The van der Waals surface area contributed by atoms with Crippen molar-refractivity contribution in [2.45, 2.75) is 81.6 Å². The van der Waals surface area contributed by atoms with Gasteiger partial charge in [0, 0.05) is 0 Å². The van der Waals surface area contributed by atoms with Gasteiger partial charge in [0.1, 0.15) is 0 Å². The Labute approximate surface area is 117 Å². The number of rotatable bonds is 8. The van der Waals surface area contributed by atoms with E-state index in [0.717, 1.165) is 29.6 Å². The third-order valence-corrected chi connectivity index (χ3v) is 5.96. The third-order valence-electron chi connectivity index (χ3n) is 5.96. The van der Waals surface area contributed by atoms with E-state index in [2.05, 4.69) is 62.3 Å². The highest BCUT2D eigenvalue weighted by Crippen LogP contribution is 2.42. The number of hydrogen-bond donors (Lipinski definition) is 0. The minimum Gasteiger partial charge on any atom is -0.0651 e. The van der Waals surface area contributed by atoms with Gasteiger partial charge in [-0.05, 0) is 41.4 Å². The standard InChI is InChI=1S/C18H38/c1-10-13(3)12-18(8,9)17(7)16(6)15(5)14(4)11-2/h13-17H,10-12H2,1-9H3. The Balaban J connectivity index is 4.64. The minimum absolute atomic E-state index is 0.469. The summed E-state index contributed by atoms with van der Waals surface area (Å²) in [5, 5.41) is 0. The molecule has 0 nitrogen and oxygen atoms in total. The van der Waals surface area contributed by atoms with E-state index in [9.17, 15) is 0 Å². The van der Waals surface area contributed by atoms with Crippen LogP contribution in [-0.4, -0.2) is 0 Å². The van der Waals surface area contributed by atoms with Gasteiger partial charge in [-0.25, -0.2) is 0 Å². The van der Waals surface area contributed by atoms with E-state index in [4.69, 9.17) is 0 Å². The molecule has 0 aromatic heterocycles. The summed E-state index contributed by atoms with van der Waals surface area (Å²) in [6.07, 6.45) is 3.98. The Morgan fingerprint density at radius 2 is 1.28 bits per heavy atom. The zero-order chi connectivity index (χ0) is 14.5. The van der Waals surface area contributed by atoms with E-state index in [0.29, 0.717) is 5.41 Å². The molecule has 0 rings (SSSR count). The topological polar surface area (TPSA) is 0 Å². The monoisotopic (exact) mass is 254 g/mol. The zero-order valence-corrected chi connectivity index (χ0v) is 14.5. The maximum absolute atomic E-state index is 2.48. The van der Waals surface area contributed by atoms with Crippen LogP contribution in [0, 0.1) is 35.0 Å². The molecule has 110 valence electrons. The van der Waals surface area contributed by atoms with Crippen molar-refractivity contribution in [1.29, 1.82) is 0 Å². The lowest BCUT2D eigenvalue weighted by atomic mass is 9.64. The molecular weight excluding hydrogens is 216 g/mol. The van der Waals surface area contributed by atoms with Gasteiger partial charge in [0.05, 0.1) is 0 Å². The molecule has 0 heterocycles. The maximum Gasteiger partial charge on any atom is -0.0323 e. The normalized spacial score (nSPS) is 21.2. The summed E-state index contributed by atoms with van der Waals surface area (Å²) in [6.45, 7) is 21.8. The second kappa shape index (κ2) is 7.56. The van der Waals surface area contributed by atoms with E-state index >= 15 is 0 Å². The summed E-state index contributed by atoms with van der Waals surface area (Å²) >= 11 is 0. The van der Waals surface area contributed by atoms with E-state index in [1.807, 2.05) is 0 Å². The van der Waals surface area contributed by atoms with E-state index in [1.165, 1.54) is 19.3 Å². The van der Waals surface area contributed by atoms with Crippen LogP contribution >= 0.6 is 0 Å². The first-order chi connectivity index (χ1) is 8.17. The van der Waals surface area contributed by atoms with E-state index in [1.54, 1.807) is 0 Å². The van der Waals surface area contributed by atoms with E-state index in [-0.39, 0.29) is 0 Å². The predicted octanol–water partition coefficient (Wildman–Crippen LogP) is 6.40. The quantitative estimate of drug-likeness (QED) is 0.470. The van der Waals surface area contributed by atoms with Gasteiger partial charge < -0.3 is 0 Å². The van der Waals surface area contributed by atoms with Gasteiger partial charge in [-0.15, -0.1) is 0 Å². The zero-order valence-electron chi connectivity index (χ0n) is 14.5. The van der Waals surface area contributed by atoms with Crippen LogP contribution in [0.4, 0.5) is 0 Å². The third kappa shape index (κ3) is 4.94. The Morgan fingerprint density at radius 3 is 1.67 bits per heavy atom. The summed E-state index contributed by atoms with van der Waals surface area (Å²) in [5.41, 5.74) is 0.469. The molecule has 0 aliphatic carbocycles. The molecule has 0 spiro atoms. The van der Waals surface area contributed by atoms with Crippen molar-refractivity contribution < 1.29 is 0 Å². The molecule has 5 unspecified atom stereocenters. The van der Waals surface area contributed by atoms with E-state index < -0.39 is 0 Å². The smallest absolute Gasteiger partial charge is 0.0323 e. The van der Waals surface area contributed by atoms with Gasteiger partial charge in [-0.2, -0.15) is 0 Å². The fourth-order valence-electron chi connectivity index (χ4n) is 3.29. The lowest BCUT2D eigenvalue weighted by Gasteiger charge is -2.41. The van der Waals surface area contributed by atoms with Crippen LogP contribution in [0.2, 0.25) is 0 Å². The first-order valence-electron chi connectivity index (χ1n) is 8.17. The molecule has 0 heteroatoms. The second-order valence-electron chi connectivity index (χ2n) is 7.60. The van der Waals surface area contributed by atoms with Crippen molar-refractivity contribution in [3.63, 3.8) is 0 Å². The summed E-state index contributed by atoms with van der Waals surface area (Å²) in [4.78, 5) is 0. The lowest BCUT2D eigenvalue weighted by molar-refractivity contribution is 0.0832. The largest absolute Gasteiger partial charge is 0.0651 e. The van der Waals surface area contributed by atoms with Gasteiger partial charge in [0.25, 0.3) is 0 Å². The van der Waals surface area contributed by atoms with Gasteiger partial charge in [-0.1, -0.05) is 75.2 Å². The molecule has 0 aliphatic rings. The summed E-state index contributed by atoms with van der Waals surface area (Å²) in [6, 6.07) is 0. The average Bonchev–Trinajstić information content (AvgIpc) is 2.34. The Morgan fingerprint density at radius 1 is 0.778 bits per heavy atom. The molecule has 0 saturated heterocycles. The summed E-state index contributed by atoms with van der Waals surface area (Å²) < 4.78 is 0. The van der Waals surface area contributed by atoms with Gasteiger partial charge in [0.2, 0.25) is 0 Å². The Kier molecular flexibility index (Phi) is 7.56. The van der Waals surface area contributed by atoms with Gasteiger partial charge in [0.15, 0.2) is 0 Å². The molecule has 0 fully saturated rings. The Hall–Kier alpha value is 0. The highest BCUT2D eigenvalue weighted by Gasteiger charge is 2.34. The second-order valence-corrected chi connectivity index (χ2v) is 7.60. The summed E-state index contributed by atoms with van der Waals surface area (Å²) in [5.74, 6) is 4.16. The van der Waals surface area contributed by atoms with Crippen LogP contribution in [0.5, 0.6) is 0 Å². The summed E-state index contributed by atoms with van der Waals surface area (Å²) in [7, 11) is 0. The van der Waals surface area contributed by atoms with Crippen molar-refractivity contribution in [2.75, 3.05) is 0 Å². The molecular formula is C18H38. The van der Waals surface area contributed by atoms with Crippen molar-refractivity contribution in [2.24, 2.45) is 35.0 Å². The molecule has 0 N–H and O–H groups in total. The predicted molar refractivity (Wildman–Crippen MR) is 84.8 cm³/mol. The van der Waals surface area contributed by atoms with Crippen LogP contribution in [0.1, 0.15) is 81.6 Å². The Bertz CT molecular complexity index is 216. The fourth-order valence-corrected chi connectivity index (χ4v) is 3.29. The van der Waals surface area contributed by atoms with Crippen molar-refractivity contribution >= 4 is 0 Å². The van der Waals surface area contributed by atoms with Gasteiger partial charge in [-0.3, -0.25) is 0 Å². The molecule has 5 atom stereocenters. The van der Waals surface area contributed by atoms with Crippen molar-refractivity contribution in [3.8, 4) is 0 Å². The lowest BCUT2D eigenvalue weighted by Crippen LogP contribution is -2.33. The first-order valence-corrected chi connectivity index (χ1v) is 8.17. The van der Waals surface area contributed by atoms with Crippen molar-refractivity contribution in [1.82, 2.24) is 0 Å². The molecule has 0 amide bonds. The SMILES string of the molecule is CCC(C)CC(C)(C)C(C)C(C)C(C)C(C)CC. The first kappa shape index (κ1) is 18.0. The number of hydrogen-bond acceptors (Lipinski definition) is 0. The molecule has 0 aromatic rings.